The highest BCUT2D eigenvalue weighted by molar-refractivity contribution is 14.0. The van der Waals surface area contributed by atoms with Gasteiger partial charge in [-0.2, -0.15) is 0 Å². The van der Waals surface area contributed by atoms with Gasteiger partial charge < -0.3 is 15.3 Å². The molecule has 0 atom stereocenters. The Kier molecular flexibility index (Phi) is 8.44. The molecule has 1 aliphatic heterocycles. The summed E-state index contributed by atoms with van der Waals surface area (Å²) in [4.78, 5) is 9.45. The second-order valence-electron chi connectivity index (χ2n) is 7.14. The fourth-order valence-electron chi connectivity index (χ4n) is 3.40. The molecule has 2 N–H and O–H groups in total. The molecule has 146 valence electrons. The average Bonchev–Trinajstić information content (AvgIpc) is 2.58. The van der Waals surface area contributed by atoms with Crippen LogP contribution in [0.5, 0.6) is 0 Å². The Bertz CT molecular complexity index is 601. The van der Waals surface area contributed by atoms with E-state index in [1.54, 1.807) is 0 Å². The van der Waals surface area contributed by atoms with Crippen molar-refractivity contribution in [3.8, 4) is 0 Å². The van der Waals surface area contributed by atoms with Crippen LogP contribution in [-0.4, -0.2) is 65.7 Å². The maximum Gasteiger partial charge on any atom is 0.194 e. The minimum atomic E-state index is -0.560. The quantitative estimate of drug-likeness (QED) is 0.377. The van der Waals surface area contributed by atoms with Gasteiger partial charge in [-0.15, -0.1) is 24.0 Å². The van der Waals surface area contributed by atoms with Gasteiger partial charge in [0.1, 0.15) is 0 Å². The number of rotatable bonds is 5. The van der Waals surface area contributed by atoms with Gasteiger partial charge in [-0.1, -0.05) is 23.7 Å². The lowest BCUT2D eigenvalue weighted by Crippen LogP contribution is -2.52. The number of aliphatic hydroxyl groups is 1. The normalized spacial score (nSPS) is 20.3. The molecule has 1 saturated heterocycles. The molecule has 1 saturated carbocycles. The number of piperazine rings is 1. The first-order valence-corrected chi connectivity index (χ1v) is 9.68. The Morgan fingerprint density at radius 3 is 2.58 bits per heavy atom. The van der Waals surface area contributed by atoms with Crippen LogP contribution < -0.4 is 5.32 Å². The van der Waals surface area contributed by atoms with Crippen molar-refractivity contribution in [1.29, 1.82) is 0 Å². The van der Waals surface area contributed by atoms with E-state index in [0.29, 0.717) is 6.54 Å². The maximum atomic E-state index is 10.3. The largest absolute Gasteiger partial charge is 0.388 e. The van der Waals surface area contributed by atoms with Crippen LogP contribution in [0.4, 0.5) is 0 Å². The third-order valence-electron chi connectivity index (χ3n) is 5.11. The molecule has 3 rings (SSSR count). The summed E-state index contributed by atoms with van der Waals surface area (Å²) in [5.74, 6) is 0.935. The fraction of sp³-hybridized carbons (Fsp3) is 0.632. The molecule has 5 nitrogen and oxygen atoms in total. The van der Waals surface area contributed by atoms with Gasteiger partial charge in [0.25, 0.3) is 0 Å². The van der Waals surface area contributed by atoms with E-state index in [2.05, 4.69) is 28.1 Å². The summed E-state index contributed by atoms with van der Waals surface area (Å²) in [6, 6.07) is 8.09. The van der Waals surface area contributed by atoms with Gasteiger partial charge in [0.05, 0.1) is 12.1 Å². The zero-order valence-electron chi connectivity index (χ0n) is 15.5. The highest BCUT2D eigenvalue weighted by Gasteiger charge is 2.34. The lowest BCUT2D eigenvalue weighted by atomic mass is 9.80. The monoisotopic (exact) mass is 492 g/mol. The fourth-order valence-corrected chi connectivity index (χ4v) is 3.62. The number of nitrogens with one attached hydrogen (secondary N) is 1. The highest BCUT2D eigenvalue weighted by atomic mass is 127. The van der Waals surface area contributed by atoms with Gasteiger partial charge in [-0.3, -0.25) is 9.89 Å². The standard InChI is InChI=1S/C19H29ClN4O.HI/c1-2-21-18(22-15-19(25)7-4-8-19)24-11-9-23(10-12-24)14-16-5-3-6-17(20)13-16;/h3,5-6,13,25H,2,4,7-12,14-15H2,1H3,(H,21,22);1H. The molecule has 1 heterocycles. The summed E-state index contributed by atoms with van der Waals surface area (Å²) in [6.45, 7) is 8.28. The topological polar surface area (TPSA) is 51.1 Å². The number of nitrogens with zero attached hydrogens (tertiary/aromatic N) is 3. The van der Waals surface area contributed by atoms with E-state index in [-0.39, 0.29) is 24.0 Å². The smallest absolute Gasteiger partial charge is 0.194 e. The molecule has 1 aliphatic carbocycles. The van der Waals surface area contributed by atoms with E-state index in [1.165, 1.54) is 5.56 Å². The van der Waals surface area contributed by atoms with Gasteiger partial charge in [-0.25, -0.2) is 0 Å². The third kappa shape index (κ3) is 5.97. The molecule has 0 radical (unpaired) electrons. The van der Waals surface area contributed by atoms with Crippen molar-refractivity contribution in [2.24, 2.45) is 4.99 Å². The molecule has 0 bridgehead atoms. The minimum Gasteiger partial charge on any atom is -0.388 e. The van der Waals surface area contributed by atoms with E-state index >= 15 is 0 Å². The van der Waals surface area contributed by atoms with Gasteiger partial charge in [0.2, 0.25) is 0 Å². The summed E-state index contributed by atoms with van der Waals surface area (Å²) >= 11 is 6.08. The van der Waals surface area contributed by atoms with Crippen molar-refractivity contribution in [3.05, 3.63) is 34.9 Å². The van der Waals surface area contributed by atoms with Crippen LogP contribution in [0.25, 0.3) is 0 Å². The first-order chi connectivity index (χ1) is 12.1. The van der Waals surface area contributed by atoms with Gasteiger partial charge in [0, 0.05) is 44.3 Å². The predicted octanol–water partition coefficient (Wildman–Crippen LogP) is 2.96. The lowest BCUT2D eigenvalue weighted by Gasteiger charge is -2.38. The molecular formula is C19H30ClIN4O. The van der Waals surface area contributed by atoms with Crippen molar-refractivity contribution in [2.75, 3.05) is 39.3 Å². The minimum absolute atomic E-state index is 0. The molecule has 0 aromatic heterocycles. The second-order valence-corrected chi connectivity index (χ2v) is 7.58. The molecule has 0 spiro atoms. The van der Waals surface area contributed by atoms with Crippen LogP contribution in [0.1, 0.15) is 31.7 Å². The van der Waals surface area contributed by atoms with Crippen molar-refractivity contribution in [3.63, 3.8) is 0 Å². The van der Waals surface area contributed by atoms with Crippen molar-refractivity contribution < 1.29 is 5.11 Å². The SMILES string of the molecule is CCNC(=NCC1(O)CCC1)N1CCN(Cc2cccc(Cl)c2)CC1.I. The molecule has 0 unspecified atom stereocenters. The average molecular weight is 493 g/mol. The summed E-state index contributed by atoms with van der Waals surface area (Å²) in [5, 5.41) is 14.5. The van der Waals surface area contributed by atoms with Crippen molar-refractivity contribution in [1.82, 2.24) is 15.1 Å². The van der Waals surface area contributed by atoms with Crippen LogP contribution in [0.2, 0.25) is 5.02 Å². The van der Waals surface area contributed by atoms with E-state index in [1.807, 2.05) is 18.2 Å². The Hall–Kier alpha value is -0.570. The van der Waals surface area contributed by atoms with Crippen LogP contribution in [0.3, 0.4) is 0 Å². The first kappa shape index (κ1) is 21.7. The summed E-state index contributed by atoms with van der Waals surface area (Å²) in [5.41, 5.74) is 0.698. The van der Waals surface area contributed by atoms with Gasteiger partial charge in [0.15, 0.2) is 5.96 Å². The number of benzene rings is 1. The van der Waals surface area contributed by atoms with Gasteiger partial charge >= 0.3 is 0 Å². The molecule has 2 fully saturated rings. The van der Waals surface area contributed by atoms with E-state index in [9.17, 15) is 5.11 Å². The third-order valence-corrected chi connectivity index (χ3v) is 5.34. The van der Waals surface area contributed by atoms with Crippen LogP contribution in [0, 0.1) is 0 Å². The maximum absolute atomic E-state index is 10.3. The number of hydrogen-bond acceptors (Lipinski definition) is 3. The van der Waals surface area contributed by atoms with E-state index in [4.69, 9.17) is 16.6 Å². The van der Waals surface area contributed by atoms with E-state index in [0.717, 1.165) is 69.5 Å². The zero-order valence-corrected chi connectivity index (χ0v) is 18.5. The van der Waals surface area contributed by atoms with E-state index < -0.39 is 5.60 Å². The summed E-state index contributed by atoms with van der Waals surface area (Å²) in [6.07, 6.45) is 2.87. The molecule has 0 amide bonds. The predicted molar refractivity (Wildman–Crippen MR) is 118 cm³/mol. The highest BCUT2D eigenvalue weighted by Crippen LogP contribution is 2.31. The molecule has 2 aliphatic rings. The molecule has 1 aromatic carbocycles. The Morgan fingerprint density at radius 1 is 1.27 bits per heavy atom. The Morgan fingerprint density at radius 2 is 2.00 bits per heavy atom. The number of halogens is 2. The number of hydrogen-bond donors (Lipinski definition) is 2. The Balaban J connectivity index is 0.00000243. The zero-order chi connectivity index (χ0) is 17.7. The van der Waals surface area contributed by atoms with Crippen LogP contribution in [0.15, 0.2) is 29.3 Å². The molecule has 26 heavy (non-hydrogen) atoms. The van der Waals surface area contributed by atoms with Crippen molar-refractivity contribution >= 4 is 41.5 Å². The molecular weight excluding hydrogens is 463 g/mol. The second kappa shape index (κ2) is 10.1. The molecule has 7 heteroatoms. The molecule has 1 aromatic rings. The summed E-state index contributed by atoms with van der Waals surface area (Å²) in [7, 11) is 0. The van der Waals surface area contributed by atoms with Crippen molar-refractivity contribution in [2.45, 2.75) is 38.3 Å². The first-order valence-electron chi connectivity index (χ1n) is 9.30. The van der Waals surface area contributed by atoms with Gasteiger partial charge in [-0.05, 0) is 43.9 Å². The lowest BCUT2D eigenvalue weighted by molar-refractivity contribution is -0.0238. The number of aliphatic imine (C=N–C) groups is 1. The van der Waals surface area contributed by atoms with Crippen LogP contribution in [-0.2, 0) is 6.54 Å². The summed E-state index contributed by atoms with van der Waals surface area (Å²) < 4.78 is 0. The van der Waals surface area contributed by atoms with Crippen LogP contribution >= 0.6 is 35.6 Å². The Labute approximate surface area is 178 Å². The number of guanidine groups is 1.